The van der Waals surface area contributed by atoms with E-state index in [1.54, 1.807) is 30.6 Å². The Labute approximate surface area is 187 Å². The van der Waals surface area contributed by atoms with E-state index < -0.39 is 6.04 Å². The van der Waals surface area contributed by atoms with Crippen LogP contribution in [0.3, 0.4) is 0 Å². The molecular weight excluding hydrogens is 408 g/mol. The molecule has 1 aromatic carbocycles. The molecule has 3 aromatic rings. The molecular formula is C24H28N4O4. The molecule has 8 nitrogen and oxygen atoms in total. The van der Waals surface area contributed by atoms with Crippen LogP contribution in [0.1, 0.15) is 45.2 Å². The molecule has 0 saturated carbocycles. The monoisotopic (exact) mass is 436 g/mol. The topological polar surface area (TPSA) is 99.4 Å². The van der Waals surface area contributed by atoms with Gasteiger partial charge in [0.15, 0.2) is 11.5 Å². The molecule has 0 spiro atoms. The molecule has 0 bridgehead atoms. The molecule has 168 valence electrons. The molecule has 2 heterocycles. The quantitative estimate of drug-likeness (QED) is 0.469. The number of amides is 1. The van der Waals surface area contributed by atoms with Crippen molar-refractivity contribution in [2.75, 3.05) is 13.2 Å². The summed E-state index contributed by atoms with van der Waals surface area (Å²) in [4.78, 5) is 21.1. The van der Waals surface area contributed by atoms with Crippen molar-refractivity contribution in [3.05, 3.63) is 60.3 Å². The van der Waals surface area contributed by atoms with Gasteiger partial charge in [-0.1, -0.05) is 25.1 Å². The van der Waals surface area contributed by atoms with E-state index in [0.717, 1.165) is 11.1 Å². The van der Waals surface area contributed by atoms with E-state index in [2.05, 4.69) is 20.4 Å². The van der Waals surface area contributed by atoms with E-state index >= 15 is 0 Å². The molecule has 8 heteroatoms. The SMILES string of the molecule is CCOc1ccc(/C=C/C(=O)NC(c2nc(-c3ccncc3)no2)C(C)C)cc1OCC. The maximum atomic E-state index is 12.6. The van der Waals surface area contributed by atoms with Crippen molar-refractivity contribution in [2.24, 2.45) is 5.92 Å². The Morgan fingerprint density at radius 3 is 2.50 bits per heavy atom. The lowest BCUT2D eigenvalue weighted by molar-refractivity contribution is -0.117. The van der Waals surface area contributed by atoms with Crippen LogP contribution in [-0.4, -0.2) is 34.2 Å². The molecule has 3 rings (SSSR count). The molecule has 1 unspecified atom stereocenters. The van der Waals surface area contributed by atoms with Crippen LogP contribution >= 0.6 is 0 Å². The van der Waals surface area contributed by atoms with Crippen molar-refractivity contribution < 1.29 is 18.8 Å². The first-order valence-corrected chi connectivity index (χ1v) is 10.6. The van der Waals surface area contributed by atoms with Crippen molar-refractivity contribution >= 4 is 12.0 Å². The summed E-state index contributed by atoms with van der Waals surface area (Å²) in [5.41, 5.74) is 1.62. The van der Waals surface area contributed by atoms with E-state index in [4.69, 9.17) is 14.0 Å². The Hall–Kier alpha value is -3.68. The minimum Gasteiger partial charge on any atom is -0.490 e. The van der Waals surface area contributed by atoms with Crippen LogP contribution in [0.4, 0.5) is 0 Å². The number of pyridine rings is 1. The van der Waals surface area contributed by atoms with E-state index in [-0.39, 0.29) is 11.8 Å². The van der Waals surface area contributed by atoms with Crippen LogP contribution in [0.25, 0.3) is 17.5 Å². The highest BCUT2D eigenvalue weighted by molar-refractivity contribution is 5.92. The molecule has 0 aliphatic rings. The third-order valence-corrected chi connectivity index (χ3v) is 4.61. The summed E-state index contributed by atoms with van der Waals surface area (Å²) in [6.07, 6.45) is 6.52. The second-order valence-electron chi connectivity index (χ2n) is 7.33. The van der Waals surface area contributed by atoms with E-state index in [1.807, 2.05) is 45.9 Å². The van der Waals surface area contributed by atoms with Crippen LogP contribution in [0.15, 0.2) is 53.3 Å². The van der Waals surface area contributed by atoms with Gasteiger partial charge in [-0.2, -0.15) is 4.98 Å². The lowest BCUT2D eigenvalue weighted by atomic mass is 10.0. The molecule has 0 saturated heterocycles. The Bertz CT molecular complexity index is 1050. The number of carbonyl (C=O) groups excluding carboxylic acids is 1. The fourth-order valence-electron chi connectivity index (χ4n) is 3.04. The maximum absolute atomic E-state index is 12.6. The van der Waals surface area contributed by atoms with Crippen LogP contribution in [0, 0.1) is 5.92 Å². The molecule has 32 heavy (non-hydrogen) atoms. The zero-order chi connectivity index (χ0) is 22.9. The predicted molar refractivity (Wildman–Crippen MR) is 121 cm³/mol. The highest BCUT2D eigenvalue weighted by Gasteiger charge is 2.24. The normalized spacial score (nSPS) is 12.2. The van der Waals surface area contributed by atoms with Gasteiger partial charge in [-0.25, -0.2) is 0 Å². The first-order chi connectivity index (χ1) is 15.5. The van der Waals surface area contributed by atoms with Gasteiger partial charge in [0.05, 0.1) is 13.2 Å². The number of carbonyl (C=O) groups is 1. The molecule has 0 radical (unpaired) electrons. The third-order valence-electron chi connectivity index (χ3n) is 4.61. The Morgan fingerprint density at radius 2 is 1.81 bits per heavy atom. The summed E-state index contributed by atoms with van der Waals surface area (Å²) in [5, 5.41) is 6.98. The number of ether oxygens (including phenoxy) is 2. The summed E-state index contributed by atoms with van der Waals surface area (Å²) in [6, 6.07) is 8.73. The van der Waals surface area contributed by atoms with Crippen LogP contribution in [0.2, 0.25) is 0 Å². The number of nitrogens with one attached hydrogen (secondary N) is 1. The van der Waals surface area contributed by atoms with Crippen molar-refractivity contribution in [2.45, 2.75) is 33.7 Å². The van der Waals surface area contributed by atoms with Gasteiger partial charge < -0.3 is 19.3 Å². The van der Waals surface area contributed by atoms with Crippen molar-refractivity contribution in [3.8, 4) is 22.9 Å². The third kappa shape index (κ3) is 5.94. The molecule has 0 aliphatic carbocycles. The molecule has 1 N–H and O–H groups in total. The number of hydrogen-bond acceptors (Lipinski definition) is 7. The van der Waals surface area contributed by atoms with Crippen LogP contribution < -0.4 is 14.8 Å². The molecule has 1 amide bonds. The van der Waals surface area contributed by atoms with Crippen molar-refractivity contribution in [1.29, 1.82) is 0 Å². The summed E-state index contributed by atoms with van der Waals surface area (Å²) >= 11 is 0. The summed E-state index contributed by atoms with van der Waals surface area (Å²) in [7, 11) is 0. The Balaban J connectivity index is 1.71. The smallest absolute Gasteiger partial charge is 0.249 e. The van der Waals surface area contributed by atoms with Crippen LogP contribution in [-0.2, 0) is 4.79 Å². The Morgan fingerprint density at radius 1 is 1.09 bits per heavy atom. The van der Waals surface area contributed by atoms with Crippen LogP contribution in [0.5, 0.6) is 11.5 Å². The van der Waals surface area contributed by atoms with Gasteiger partial charge in [0.2, 0.25) is 17.6 Å². The fraction of sp³-hybridized carbons (Fsp3) is 0.333. The van der Waals surface area contributed by atoms with Crippen molar-refractivity contribution in [3.63, 3.8) is 0 Å². The Kier molecular flexibility index (Phi) is 7.96. The van der Waals surface area contributed by atoms with Crippen molar-refractivity contribution in [1.82, 2.24) is 20.4 Å². The minimum absolute atomic E-state index is 0.0492. The summed E-state index contributed by atoms with van der Waals surface area (Å²) in [5.74, 6) is 1.92. The fourth-order valence-corrected chi connectivity index (χ4v) is 3.04. The highest BCUT2D eigenvalue weighted by atomic mass is 16.5. The second-order valence-corrected chi connectivity index (χ2v) is 7.33. The molecule has 1 atom stereocenters. The largest absolute Gasteiger partial charge is 0.490 e. The predicted octanol–water partition coefficient (Wildman–Crippen LogP) is 4.46. The molecule has 0 aliphatic heterocycles. The zero-order valence-electron chi connectivity index (χ0n) is 18.7. The maximum Gasteiger partial charge on any atom is 0.249 e. The highest BCUT2D eigenvalue weighted by Crippen LogP contribution is 2.29. The van der Waals surface area contributed by atoms with Gasteiger partial charge in [0, 0.05) is 24.0 Å². The standard InChI is InChI=1S/C24H28N4O4/c1-5-30-19-9-7-17(15-20(19)31-6-2)8-10-21(29)26-22(16(3)4)24-27-23(28-32-24)18-11-13-25-14-12-18/h7-16,22H,5-6H2,1-4H3,(H,26,29)/b10-8+. The lowest BCUT2D eigenvalue weighted by Gasteiger charge is -2.17. The number of nitrogens with zero attached hydrogens (tertiary/aromatic N) is 3. The number of aromatic nitrogens is 3. The summed E-state index contributed by atoms with van der Waals surface area (Å²) < 4.78 is 16.6. The van der Waals surface area contributed by atoms with E-state index in [0.29, 0.717) is 36.4 Å². The first-order valence-electron chi connectivity index (χ1n) is 10.6. The van der Waals surface area contributed by atoms with Gasteiger partial charge in [-0.15, -0.1) is 0 Å². The van der Waals surface area contributed by atoms with Gasteiger partial charge in [-0.3, -0.25) is 9.78 Å². The average Bonchev–Trinajstić information content (AvgIpc) is 3.28. The number of rotatable bonds is 10. The minimum atomic E-state index is -0.422. The first kappa shape index (κ1) is 23.0. The molecule has 2 aromatic heterocycles. The van der Waals surface area contributed by atoms with Gasteiger partial charge in [0.25, 0.3) is 0 Å². The van der Waals surface area contributed by atoms with E-state index in [9.17, 15) is 4.79 Å². The van der Waals surface area contributed by atoms with E-state index in [1.165, 1.54) is 6.08 Å². The number of hydrogen-bond donors (Lipinski definition) is 1. The van der Waals surface area contributed by atoms with Gasteiger partial charge in [0.1, 0.15) is 6.04 Å². The average molecular weight is 437 g/mol. The second kappa shape index (κ2) is 11.1. The van der Waals surface area contributed by atoms with Gasteiger partial charge >= 0.3 is 0 Å². The lowest BCUT2D eigenvalue weighted by Crippen LogP contribution is -2.30. The summed E-state index contributed by atoms with van der Waals surface area (Å²) in [6.45, 7) is 8.86. The number of benzene rings is 1. The molecule has 0 fully saturated rings. The zero-order valence-corrected chi connectivity index (χ0v) is 18.7. The van der Waals surface area contributed by atoms with Gasteiger partial charge in [-0.05, 0) is 55.7 Å².